The van der Waals surface area contributed by atoms with E-state index in [1.165, 1.54) is 21.3 Å². The maximum atomic E-state index is 13.1. The predicted octanol–water partition coefficient (Wildman–Crippen LogP) is 4.78. The first kappa shape index (κ1) is 25.3. The van der Waals surface area contributed by atoms with Crippen LogP contribution in [-0.4, -0.2) is 50.8 Å². The number of pyridine rings is 1. The van der Waals surface area contributed by atoms with Crippen LogP contribution in [0.3, 0.4) is 0 Å². The van der Waals surface area contributed by atoms with Gasteiger partial charge in [-0.3, -0.25) is 4.79 Å². The van der Waals surface area contributed by atoms with Crippen molar-refractivity contribution in [3.8, 4) is 28.5 Å². The monoisotopic (exact) mass is 492 g/mol. The highest BCUT2D eigenvalue weighted by Crippen LogP contribution is 2.41. The minimum absolute atomic E-state index is 0.140. The first-order valence-electron chi connectivity index (χ1n) is 12.1. The summed E-state index contributed by atoms with van der Waals surface area (Å²) in [4.78, 5) is 30.3. The third-order valence-electron chi connectivity index (χ3n) is 6.61. The molecule has 4 rings (SSSR count). The number of carbonyl (C=O) groups excluding carboxylic acids is 2. The van der Waals surface area contributed by atoms with Crippen LogP contribution in [0, 0.1) is 5.92 Å². The van der Waals surface area contributed by atoms with Crippen LogP contribution in [0.2, 0.25) is 0 Å². The van der Waals surface area contributed by atoms with Crippen molar-refractivity contribution in [3.63, 3.8) is 0 Å². The third kappa shape index (κ3) is 5.53. The fourth-order valence-electron chi connectivity index (χ4n) is 4.60. The van der Waals surface area contributed by atoms with E-state index in [9.17, 15) is 9.59 Å². The Morgan fingerprint density at radius 2 is 1.61 bits per heavy atom. The van der Waals surface area contributed by atoms with E-state index < -0.39 is 5.97 Å². The van der Waals surface area contributed by atoms with Crippen LogP contribution in [0.1, 0.15) is 43.0 Å². The molecule has 1 aliphatic rings. The number of hydrogen-bond acceptors (Lipinski definition) is 7. The normalized spacial score (nSPS) is 17.3. The Morgan fingerprint density at radius 1 is 0.944 bits per heavy atom. The van der Waals surface area contributed by atoms with E-state index in [1.807, 2.05) is 18.2 Å². The molecule has 0 aliphatic heterocycles. The van der Waals surface area contributed by atoms with Crippen molar-refractivity contribution in [2.75, 3.05) is 27.9 Å². The SMILES string of the molecule is COc1cc(-c2cc(C(=O)OCC(=O)NC3CCC(C)CC3)c3ccccc3n2)cc(OC)c1OC. The zero-order chi connectivity index (χ0) is 25.7. The van der Waals surface area contributed by atoms with E-state index in [0.717, 1.165) is 25.7 Å². The molecule has 1 N–H and O–H groups in total. The van der Waals surface area contributed by atoms with Crippen LogP contribution in [0.25, 0.3) is 22.2 Å². The van der Waals surface area contributed by atoms with Gasteiger partial charge in [0.2, 0.25) is 5.75 Å². The average molecular weight is 493 g/mol. The summed E-state index contributed by atoms with van der Waals surface area (Å²) < 4.78 is 21.8. The number of nitrogens with one attached hydrogen (secondary N) is 1. The van der Waals surface area contributed by atoms with E-state index in [2.05, 4.69) is 12.2 Å². The van der Waals surface area contributed by atoms with Gasteiger partial charge in [-0.05, 0) is 55.9 Å². The van der Waals surface area contributed by atoms with E-state index in [1.54, 1.807) is 24.3 Å². The van der Waals surface area contributed by atoms with Gasteiger partial charge >= 0.3 is 5.97 Å². The lowest BCUT2D eigenvalue weighted by atomic mass is 9.87. The molecule has 0 radical (unpaired) electrons. The van der Waals surface area contributed by atoms with Crippen molar-refractivity contribution in [1.29, 1.82) is 0 Å². The Kier molecular flexibility index (Phi) is 7.93. The molecular formula is C28H32N2O6. The maximum Gasteiger partial charge on any atom is 0.339 e. The van der Waals surface area contributed by atoms with E-state index in [4.69, 9.17) is 23.9 Å². The number of amides is 1. The Hall–Kier alpha value is -3.81. The van der Waals surface area contributed by atoms with Crippen molar-refractivity contribution in [2.24, 2.45) is 5.92 Å². The molecule has 2 aromatic carbocycles. The van der Waals surface area contributed by atoms with Crippen LogP contribution in [0.15, 0.2) is 42.5 Å². The molecule has 1 saturated carbocycles. The number of benzene rings is 2. The lowest BCUT2D eigenvalue weighted by Gasteiger charge is -2.26. The summed E-state index contributed by atoms with van der Waals surface area (Å²) in [5, 5.41) is 3.63. The zero-order valence-corrected chi connectivity index (χ0v) is 21.1. The minimum Gasteiger partial charge on any atom is -0.493 e. The Balaban J connectivity index is 1.59. The number of esters is 1. The molecule has 0 spiro atoms. The second-order valence-corrected chi connectivity index (χ2v) is 9.09. The standard InChI is InChI=1S/C28H32N2O6/c1-17-9-11-19(12-10-17)29-26(31)16-36-28(32)21-15-23(30-22-8-6-5-7-20(21)22)18-13-24(33-2)27(35-4)25(14-18)34-3/h5-8,13-15,17,19H,9-12,16H2,1-4H3,(H,29,31). The largest absolute Gasteiger partial charge is 0.493 e. The Bertz CT molecular complexity index is 1230. The highest BCUT2D eigenvalue weighted by Gasteiger charge is 2.22. The van der Waals surface area contributed by atoms with Gasteiger partial charge < -0.3 is 24.3 Å². The van der Waals surface area contributed by atoms with Gasteiger partial charge in [0, 0.05) is 17.0 Å². The number of hydrogen-bond donors (Lipinski definition) is 1. The molecule has 0 atom stereocenters. The second kappa shape index (κ2) is 11.3. The molecule has 36 heavy (non-hydrogen) atoms. The molecule has 1 aromatic heterocycles. The number of nitrogens with zero attached hydrogens (tertiary/aromatic N) is 1. The topological polar surface area (TPSA) is 96.0 Å². The fraction of sp³-hybridized carbons (Fsp3) is 0.393. The van der Waals surface area contributed by atoms with E-state index in [0.29, 0.717) is 50.9 Å². The van der Waals surface area contributed by atoms with Gasteiger partial charge in [-0.15, -0.1) is 0 Å². The molecule has 1 heterocycles. The van der Waals surface area contributed by atoms with Gasteiger partial charge in [0.1, 0.15) is 0 Å². The van der Waals surface area contributed by atoms with Gasteiger partial charge in [0.25, 0.3) is 5.91 Å². The molecule has 0 saturated heterocycles. The summed E-state index contributed by atoms with van der Waals surface area (Å²) in [6, 6.07) is 12.6. The second-order valence-electron chi connectivity index (χ2n) is 9.09. The van der Waals surface area contributed by atoms with Gasteiger partial charge in [0.05, 0.1) is 38.1 Å². The highest BCUT2D eigenvalue weighted by atomic mass is 16.5. The lowest BCUT2D eigenvalue weighted by molar-refractivity contribution is -0.125. The van der Waals surface area contributed by atoms with Crippen LogP contribution < -0.4 is 19.5 Å². The van der Waals surface area contributed by atoms with Crippen LogP contribution in [-0.2, 0) is 9.53 Å². The number of rotatable bonds is 8. The first-order valence-corrected chi connectivity index (χ1v) is 12.1. The quantitative estimate of drug-likeness (QED) is 0.452. The number of aromatic nitrogens is 1. The van der Waals surface area contributed by atoms with Crippen molar-refractivity contribution < 1.29 is 28.5 Å². The van der Waals surface area contributed by atoms with Crippen molar-refractivity contribution in [3.05, 3.63) is 48.0 Å². The summed E-state index contributed by atoms with van der Waals surface area (Å²) >= 11 is 0. The molecule has 0 bridgehead atoms. The molecule has 8 heteroatoms. The van der Waals surface area contributed by atoms with Gasteiger partial charge in [-0.25, -0.2) is 9.78 Å². The van der Waals surface area contributed by atoms with Crippen LogP contribution in [0.5, 0.6) is 17.2 Å². The maximum absolute atomic E-state index is 13.1. The minimum atomic E-state index is -0.588. The number of ether oxygens (including phenoxy) is 4. The van der Waals surface area contributed by atoms with Gasteiger partial charge in [-0.1, -0.05) is 25.1 Å². The van der Waals surface area contributed by atoms with Gasteiger partial charge in [-0.2, -0.15) is 0 Å². The zero-order valence-electron chi connectivity index (χ0n) is 21.1. The van der Waals surface area contributed by atoms with E-state index >= 15 is 0 Å². The molecule has 8 nitrogen and oxygen atoms in total. The number of para-hydroxylation sites is 1. The van der Waals surface area contributed by atoms with E-state index in [-0.39, 0.29) is 18.6 Å². The molecule has 1 fully saturated rings. The molecule has 0 unspecified atom stereocenters. The lowest BCUT2D eigenvalue weighted by Crippen LogP contribution is -2.39. The highest BCUT2D eigenvalue weighted by molar-refractivity contribution is 6.05. The van der Waals surface area contributed by atoms with Crippen LogP contribution in [0.4, 0.5) is 0 Å². The summed E-state index contributed by atoms with van der Waals surface area (Å²) in [5.41, 5.74) is 2.15. The fourth-order valence-corrected chi connectivity index (χ4v) is 4.60. The molecule has 3 aromatic rings. The van der Waals surface area contributed by atoms with Crippen molar-refractivity contribution in [1.82, 2.24) is 10.3 Å². The third-order valence-corrected chi connectivity index (χ3v) is 6.61. The number of methoxy groups -OCH3 is 3. The average Bonchev–Trinajstić information content (AvgIpc) is 2.91. The first-order chi connectivity index (χ1) is 17.4. The number of carbonyl (C=O) groups is 2. The molecular weight excluding hydrogens is 460 g/mol. The predicted molar refractivity (Wildman–Crippen MR) is 137 cm³/mol. The summed E-state index contributed by atoms with van der Waals surface area (Å²) in [5.74, 6) is 1.22. The van der Waals surface area contributed by atoms with Crippen LogP contribution >= 0.6 is 0 Å². The summed E-state index contributed by atoms with van der Waals surface area (Å²) in [7, 11) is 4.61. The molecule has 1 aliphatic carbocycles. The Labute approximate surface area is 210 Å². The summed E-state index contributed by atoms with van der Waals surface area (Å²) in [6.07, 6.45) is 4.09. The molecule has 190 valence electrons. The molecule has 1 amide bonds. The van der Waals surface area contributed by atoms with Gasteiger partial charge in [0.15, 0.2) is 18.1 Å². The Morgan fingerprint density at radius 3 is 2.25 bits per heavy atom. The van der Waals surface area contributed by atoms with Crippen molar-refractivity contribution in [2.45, 2.75) is 38.6 Å². The summed E-state index contributed by atoms with van der Waals surface area (Å²) in [6.45, 7) is 1.90. The smallest absolute Gasteiger partial charge is 0.339 e. The number of fused-ring (bicyclic) bond motifs is 1. The van der Waals surface area contributed by atoms with Crippen molar-refractivity contribution >= 4 is 22.8 Å².